The van der Waals surface area contributed by atoms with Crippen LogP contribution < -0.4 is 21.9 Å². The molecule has 1 aromatic carbocycles. The molecule has 0 amide bonds. The van der Waals surface area contributed by atoms with Gasteiger partial charge in [0.2, 0.25) is 0 Å². The van der Waals surface area contributed by atoms with Crippen molar-refractivity contribution in [1.82, 2.24) is 0 Å². The van der Waals surface area contributed by atoms with Crippen LogP contribution in [-0.4, -0.2) is 7.05 Å². The van der Waals surface area contributed by atoms with E-state index in [1.807, 2.05) is 31.2 Å². The van der Waals surface area contributed by atoms with Crippen molar-refractivity contribution < 1.29 is 0 Å². The molecule has 1 aromatic rings. The predicted molar refractivity (Wildman–Crippen MR) is 54.6 cm³/mol. The van der Waals surface area contributed by atoms with Gasteiger partial charge in [-0.25, -0.2) is 0 Å². The van der Waals surface area contributed by atoms with Crippen LogP contribution in [0.15, 0.2) is 24.3 Å². The van der Waals surface area contributed by atoms with E-state index in [9.17, 15) is 0 Å². The molecule has 0 bridgehead atoms. The smallest absolute Gasteiger partial charge is 0.0128 e. The van der Waals surface area contributed by atoms with Crippen molar-refractivity contribution >= 4 is 12.3 Å². The van der Waals surface area contributed by atoms with Crippen molar-refractivity contribution in [3.63, 3.8) is 0 Å². The Labute approximate surface area is 73.2 Å². The second-order valence-corrected chi connectivity index (χ2v) is 2.34. The van der Waals surface area contributed by atoms with Crippen LogP contribution in [0.4, 0.5) is 0 Å². The highest BCUT2D eigenvalue weighted by molar-refractivity contribution is 5.37. The summed E-state index contributed by atoms with van der Waals surface area (Å²) in [4.78, 5) is 0. The van der Waals surface area contributed by atoms with Crippen molar-refractivity contribution in [3.05, 3.63) is 34.7 Å². The quantitative estimate of drug-likeness (QED) is 0.556. The summed E-state index contributed by atoms with van der Waals surface area (Å²) in [6.45, 7) is 5.72. The van der Waals surface area contributed by atoms with Gasteiger partial charge in [-0.15, -0.1) is 0 Å². The standard InChI is InChI=1S/C9H11N.CH5N/c1-7-5-3-4-6-9(7)8(2)10;1-2/h3-6H,1,10H2,2H3;2H2,1H3/b9-8-;. The zero-order chi connectivity index (χ0) is 9.56. The minimum atomic E-state index is 0.825. The molecule has 0 unspecified atom stereocenters. The van der Waals surface area contributed by atoms with Gasteiger partial charge in [0.1, 0.15) is 0 Å². The number of rotatable bonds is 0. The van der Waals surface area contributed by atoms with E-state index in [0.29, 0.717) is 0 Å². The summed E-state index contributed by atoms with van der Waals surface area (Å²) in [6, 6.07) is 7.83. The molecule has 0 aliphatic rings. The van der Waals surface area contributed by atoms with Gasteiger partial charge < -0.3 is 11.5 Å². The molecule has 0 saturated heterocycles. The van der Waals surface area contributed by atoms with Crippen LogP contribution in [0.25, 0.3) is 12.3 Å². The van der Waals surface area contributed by atoms with Gasteiger partial charge in [0.15, 0.2) is 0 Å². The highest BCUT2D eigenvalue weighted by Gasteiger charge is 1.82. The first-order valence-electron chi connectivity index (χ1n) is 3.80. The zero-order valence-corrected chi connectivity index (χ0v) is 7.67. The van der Waals surface area contributed by atoms with Gasteiger partial charge in [-0.1, -0.05) is 30.8 Å². The highest BCUT2D eigenvalue weighted by Crippen LogP contribution is 1.74. The van der Waals surface area contributed by atoms with E-state index in [-0.39, 0.29) is 0 Å². The Hall–Kier alpha value is -1.28. The van der Waals surface area contributed by atoms with Crippen LogP contribution in [0.3, 0.4) is 0 Å². The minimum absolute atomic E-state index is 0.825. The fraction of sp³-hybridized carbons (Fsp3) is 0.200. The third kappa shape index (κ3) is 2.76. The van der Waals surface area contributed by atoms with E-state index in [0.717, 1.165) is 16.1 Å². The number of nitrogens with two attached hydrogens (primary N) is 2. The number of hydrogen-bond donors (Lipinski definition) is 2. The van der Waals surface area contributed by atoms with Gasteiger partial charge in [-0.05, 0) is 24.4 Å². The molecule has 2 heteroatoms. The lowest BCUT2D eigenvalue weighted by molar-refractivity contribution is 1.41. The summed E-state index contributed by atoms with van der Waals surface area (Å²) in [5, 5.41) is 2.03. The third-order valence-electron chi connectivity index (χ3n) is 1.44. The molecule has 0 saturated carbocycles. The monoisotopic (exact) mass is 164 g/mol. The topological polar surface area (TPSA) is 52.0 Å². The van der Waals surface area contributed by atoms with Crippen molar-refractivity contribution in [3.8, 4) is 0 Å². The summed E-state index contributed by atoms with van der Waals surface area (Å²) in [5.41, 5.74) is 10.9. The lowest BCUT2D eigenvalue weighted by Crippen LogP contribution is -2.26. The van der Waals surface area contributed by atoms with Gasteiger partial charge >= 0.3 is 0 Å². The maximum absolute atomic E-state index is 5.59. The molecule has 66 valence electrons. The van der Waals surface area contributed by atoms with Crippen LogP contribution in [0.5, 0.6) is 0 Å². The van der Waals surface area contributed by atoms with E-state index in [4.69, 9.17) is 5.73 Å². The van der Waals surface area contributed by atoms with E-state index in [1.165, 1.54) is 7.05 Å². The Morgan fingerprint density at radius 1 is 1.25 bits per heavy atom. The normalized spacial score (nSPS) is 11.2. The van der Waals surface area contributed by atoms with Gasteiger partial charge in [0, 0.05) is 5.70 Å². The summed E-state index contributed by atoms with van der Waals surface area (Å²) in [5.74, 6) is 0. The highest BCUT2D eigenvalue weighted by atomic mass is 14.5. The zero-order valence-electron chi connectivity index (χ0n) is 7.67. The molecular weight excluding hydrogens is 148 g/mol. The van der Waals surface area contributed by atoms with Gasteiger partial charge in [-0.3, -0.25) is 0 Å². The third-order valence-corrected chi connectivity index (χ3v) is 1.44. The lowest BCUT2D eigenvalue weighted by atomic mass is 10.2. The number of benzene rings is 1. The SMILES string of the molecule is C=c1cccc/c1=C(\C)N.CN. The van der Waals surface area contributed by atoms with Crippen molar-refractivity contribution in [2.75, 3.05) is 7.05 Å². The van der Waals surface area contributed by atoms with Crippen LogP contribution in [0.2, 0.25) is 0 Å². The first kappa shape index (κ1) is 10.7. The Morgan fingerprint density at radius 2 is 1.75 bits per heavy atom. The molecule has 0 heterocycles. The molecule has 1 rings (SSSR count). The lowest BCUT2D eigenvalue weighted by Gasteiger charge is -1.90. The molecular formula is C10H16N2. The van der Waals surface area contributed by atoms with Crippen LogP contribution in [0, 0.1) is 0 Å². The second-order valence-electron chi connectivity index (χ2n) is 2.34. The Bertz CT molecular complexity index is 324. The van der Waals surface area contributed by atoms with Gasteiger partial charge in [-0.2, -0.15) is 0 Å². The summed E-state index contributed by atoms with van der Waals surface area (Å²) >= 11 is 0. The summed E-state index contributed by atoms with van der Waals surface area (Å²) < 4.78 is 0. The molecule has 0 aliphatic heterocycles. The summed E-state index contributed by atoms with van der Waals surface area (Å²) in [6.07, 6.45) is 0. The first-order valence-corrected chi connectivity index (χ1v) is 3.80. The fourth-order valence-corrected chi connectivity index (χ4v) is 0.905. The molecule has 0 atom stereocenters. The first-order chi connectivity index (χ1) is 5.72. The van der Waals surface area contributed by atoms with E-state index in [2.05, 4.69) is 12.3 Å². The van der Waals surface area contributed by atoms with Gasteiger partial charge in [0.25, 0.3) is 0 Å². The maximum atomic E-state index is 5.59. The maximum Gasteiger partial charge on any atom is 0.0128 e. The van der Waals surface area contributed by atoms with Crippen molar-refractivity contribution in [2.24, 2.45) is 11.5 Å². The average molecular weight is 164 g/mol. The molecule has 2 nitrogen and oxygen atoms in total. The van der Waals surface area contributed by atoms with Crippen molar-refractivity contribution in [1.29, 1.82) is 0 Å². The Kier molecular flexibility index (Phi) is 4.81. The predicted octanol–water partition coefficient (Wildman–Crippen LogP) is -0.241. The van der Waals surface area contributed by atoms with E-state index < -0.39 is 0 Å². The second kappa shape index (κ2) is 5.38. The molecule has 12 heavy (non-hydrogen) atoms. The van der Waals surface area contributed by atoms with E-state index >= 15 is 0 Å². The van der Waals surface area contributed by atoms with Crippen LogP contribution >= 0.6 is 0 Å². The Balaban J connectivity index is 0.000000561. The van der Waals surface area contributed by atoms with Crippen LogP contribution in [-0.2, 0) is 0 Å². The molecule has 0 fully saturated rings. The van der Waals surface area contributed by atoms with Crippen LogP contribution in [0.1, 0.15) is 6.92 Å². The molecule has 0 aromatic heterocycles. The Morgan fingerprint density at radius 3 is 2.08 bits per heavy atom. The number of hydrogen-bond acceptors (Lipinski definition) is 2. The fourth-order valence-electron chi connectivity index (χ4n) is 0.905. The van der Waals surface area contributed by atoms with E-state index in [1.54, 1.807) is 0 Å². The molecule has 4 N–H and O–H groups in total. The largest absolute Gasteiger partial charge is 0.402 e. The molecule has 0 spiro atoms. The minimum Gasteiger partial charge on any atom is -0.402 e. The van der Waals surface area contributed by atoms with Crippen molar-refractivity contribution in [2.45, 2.75) is 6.92 Å². The molecule has 0 radical (unpaired) electrons. The van der Waals surface area contributed by atoms with Gasteiger partial charge in [0.05, 0.1) is 0 Å². The summed E-state index contributed by atoms with van der Waals surface area (Å²) in [7, 11) is 1.50. The molecule has 0 aliphatic carbocycles. The average Bonchev–Trinajstić information content (AvgIpc) is 2.08.